The highest BCUT2D eigenvalue weighted by atomic mass is 16.5. The van der Waals surface area contributed by atoms with Gasteiger partial charge in [0.1, 0.15) is 5.56 Å². The number of carbonyl (C=O) groups excluding carboxylic acids is 1. The van der Waals surface area contributed by atoms with E-state index in [4.69, 9.17) is 10.5 Å². The second kappa shape index (κ2) is 6.20. The molecule has 5 nitrogen and oxygen atoms in total. The molecule has 17 heavy (non-hydrogen) atoms. The van der Waals surface area contributed by atoms with Crippen LogP contribution in [0.1, 0.15) is 24.2 Å². The van der Waals surface area contributed by atoms with Crippen LogP contribution in [0.3, 0.4) is 0 Å². The molecule has 1 heterocycles. The number of nitrogens with two attached hydrogens (primary N) is 1. The standard InChI is InChI=1S/C12H19N3O2/c1-8(2)10(7-13)15-11(16)9-5-4-6-14-12(9)17-3/h4-6,8,10H,7,13H2,1-3H3,(H,15,16). The van der Waals surface area contributed by atoms with Crippen molar-refractivity contribution in [2.75, 3.05) is 13.7 Å². The molecule has 1 aromatic heterocycles. The Balaban J connectivity index is 2.82. The van der Waals surface area contributed by atoms with E-state index in [9.17, 15) is 4.79 Å². The number of methoxy groups -OCH3 is 1. The van der Waals surface area contributed by atoms with Gasteiger partial charge in [0.25, 0.3) is 5.91 Å². The molecule has 0 aromatic carbocycles. The third-order valence-corrected chi connectivity index (χ3v) is 2.58. The van der Waals surface area contributed by atoms with Crippen molar-refractivity contribution in [2.45, 2.75) is 19.9 Å². The van der Waals surface area contributed by atoms with Crippen LogP contribution in [0.5, 0.6) is 5.88 Å². The van der Waals surface area contributed by atoms with Gasteiger partial charge in [-0.15, -0.1) is 0 Å². The van der Waals surface area contributed by atoms with Crippen LogP contribution in [0.4, 0.5) is 0 Å². The average Bonchev–Trinajstić information content (AvgIpc) is 2.35. The van der Waals surface area contributed by atoms with E-state index in [0.29, 0.717) is 18.0 Å². The lowest BCUT2D eigenvalue weighted by Gasteiger charge is -2.20. The largest absolute Gasteiger partial charge is 0.480 e. The minimum Gasteiger partial charge on any atom is -0.480 e. The van der Waals surface area contributed by atoms with E-state index in [2.05, 4.69) is 10.3 Å². The maximum Gasteiger partial charge on any atom is 0.257 e. The van der Waals surface area contributed by atoms with Crippen molar-refractivity contribution in [3.8, 4) is 5.88 Å². The van der Waals surface area contributed by atoms with Gasteiger partial charge < -0.3 is 15.8 Å². The zero-order valence-corrected chi connectivity index (χ0v) is 10.4. The van der Waals surface area contributed by atoms with Crippen LogP contribution in [0.2, 0.25) is 0 Å². The first kappa shape index (κ1) is 13.4. The molecule has 1 atom stereocenters. The molecule has 0 saturated carbocycles. The highest BCUT2D eigenvalue weighted by molar-refractivity contribution is 5.96. The topological polar surface area (TPSA) is 77.2 Å². The highest BCUT2D eigenvalue weighted by Crippen LogP contribution is 2.14. The molecule has 94 valence electrons. The van der Waals surface area contributed by atoms with Gasteiger partial charge in [-0.2, -0.15) is 0 Å². The number of aromatic nitrogens is 1. The molecule has 0 fully saturated rings. The van der Waals surface area contributed by atoms with Gasteiger partial charge in [0.2, 0.25) is 5.88 Å². The predicted molar refractivity (Wildman–Crippen MR) is 65.9 cm³/mol. The van der Waals surface area contributed by atoms with E-state index in [-0.39, 0.29) is 17.9 Å². The number of amides is 1. The summed E-state index contributed by atoms with van der Waals surface area (Å²) in [6.45, 7) is 4.43. The van der Waals surface area contributed by atoms with E-state index >= 15 is 0 Å². The van der Waals surface area contributed by atoms with Crippen molar-refractivity contribution in [1.82, 2.24) is 10.3 Å². The first-order chi connectivity index (χ1) is 8.10. The molecule has 0 aliphatic heterocycles. The van der Waals surface area contributed by atoms with Crippen molar-refractivity contribution in [3.63, 3.8) is 0 Å². The quantitative estimate of drug-likeness (QED) is 0.794. The molecule has 1 amide bonds. The molecule has 1 aromatic rings. The number of nitrogens with one attached hydrogen (secondary N) is 1. The Bertz CT molecular complexity index is 380. The predicted octanol–water partition coefficient (Wildman–Crippen LogP) is 0.803. The van der Waals surface area contributed by atoms with Crippen molar-refractivity contribution in [1.29, 1.82) is 0 Å². The number of nitrogens with zero attached hydrogens (tertiary/aromatic N) is 1. The van der Waals surface area contributed by atoms with Crippen molar-refractivity contribution in [2.24, 2.45) is 11.7 Å². The van der Waals surface area contributed by atoms with Crippen LogP contribution in [0.25, 0.3) is 0 Å². The molecule has 0 spiro atoms. The maximum atomic E-state index is 12.0. The first-order valence-electron chi connectivity index (χ1n) is 5.60. The SMILES string of the molecule is COc1ncccc1C(=O)NC(CN)C(C)C. The summed E-state index contributed by atoms with van der Waals surface area (Å²) in [4.78, 5) is 16.0. The van der Waals surface area contributed by atoms with E-state index in [1.165, 1.54) is 7.11 Å². The van der Waals surface area contributed by atoms with Gasteiger partial charge >= 0.3 is 0 Å². The van der Waals surface area contributed by atoms with Crippen molar-refractivity contribution >= 4 is 5.91 Å². The normalized spacial score (nSPS) is 12.3. The van der Waals surface area contributed by atoms with E-state index < -0.39 is 0 Å². The third-order valence-electron chi connectivity index (χ3n) is 2.58. The highest BCUT2D eigenvalue weighted by Gasteiger charge is 2.18. The summed E-state index contributed by atoms with van der Waals surface area (Å²) in [7, 11) is 1.49. The third kappa shape index (κ3) is 3.42. The van der Waals surface area contributed by atoms with Crippen molar-refractivity contribution in [3.05, 3.63) is 23.9 Å². The van der Waals surface area contributed by atoms with Crippen LogP contribution in [0.15, 0.2) is 18.3 Å². The zero-order chi connectivity index (χ0) is 12.8. The summed E-state index contributed by atoms with van der Waals surface area (Å²) >= 11 is 0. The fraction of sp³-hybridized carbons (Fsp3) is 0.500. The molecule has 0 aliphatic carbocycles. The monoisotopic (exact) mass is 237 g/mol. The average molecular weight is 237 g/mol. The molecule has 0 radical (unpaired) electrons. The van der Waals surface area contributed by atoms with Crippen LogP contribution in [-0.4, -0.2) is 30.6 Å². The van der Waals surface area contributed by atoms with Gasteiger partial charge in [-0.3, -0.25) is 4.79 Å². The molecular weight excluding hydrogens is 218 g/mol. The lowest BCUT2D eigenvalue weighted by Crippen LogP contribution is -2.43. The number of hydrogen-bond acceptors (Lipinski definition) is 4. The van der Waals surface area contributed by atoms with E-state index in [1.807, 2.05) is 13.8 Å². The molecule has 1 unspecified atom stereocenters. The Morgan fingerprint density at radius 3 is 2.82 bits per heavy atom. The Labute approximate surface area is 101 Å². The van der Waals surface area contributed by atoms with Crippen LogP contribution >= 0.6 is 0 Å². The smallest absolute Gasteiger partial charge is 0.257 e. The minimum atomic E-state index is -0.209. The van der Waals surface area contributed by atoms with Gasteiger partial charge in [-0.1, -0.05) is 13.8 Å². The number of rotatable bonds is 5. The lowest BCUT2D eigenvalue weighted by molar-refractivity contribution is 0.0924. The first-order valence-corrected chi connectivity index (χ1v) is 5.60. The fourth-order valence-corrected chi connectivity index (χ4v) is 1.47. The Morgan fingerprint density at radius 1 is 1.59 bits per heavy atom. The summed E-state index contributed by atoms with van der Waals surface area (Å²) in [5, 5.41) is 2.87. The number of pyridine rings is 1. The number of carbonyl (C=O) groups is 1. The molecular formula is C12H19N3O2. The second-order valence-corrected chi connectivity index (χ2v) is 4.12. The second-order valence-electron chi connectivity index (χ2n) is 4.12. The van der Waals surface area contributed by atoms with Crippen LogP contribution in [0, 0.1) is 5.92 Å². The van der Waals surface area contributed by atoms with Crippen LogP contribution < -0.4 is 15.8 Å². The summed E-state index contributed by atoms with van der Waals surface area (Å²) in [6, 6.07) is 3.33. The summed E-state index contributed by atoms with van der Waals surface area (Å²) in [5.41, 5.74) is 6.03. The maximum absolute atomic E-state index is 12.0. The number of hydrogen-bond donors (Lipinski definition) is 2. The van der Waals surface area contributed by atoms with E-state index in [1.54, 1.807) is 18.3 Å². The molecule has 1 rings (SSSR count). The van der Waals surface area contributed by atoms with Gasteiger partial charge in [0, 0.05) is 18.8 Å². The van der Waals surface area contributed by atoms with Gasteiger partial charge in [-0.25, -0.2) is 4.98 Å². The van der Waals surface area contributed by atoms with Crippen LogP contribution in [-0.2, 0) is 0 Å². The summed E-state index contributed by atoms with van der Waals surface area (Å²) in [5.74, 6) is 0.398. The summed E-state index contributed by atoms with van der Waals surface area (Å²) < 4.78 is 5.04. The molecule has 3 N–H and O–H groups in total. The molecule has 5 heteroatoms. The van der Waals surface area contributed by atoms with Gasteiger partial charge in [0.15, 0.2) is 0 Å². The Hall–Kier alpha value is -1.62. The Kier molecular flexibility index (Phi) is 4.90. The molecule has 0 bridgehead atoms. The van der Waals surface area contributed by atoms with Crippen molar-refractivity contribution < 1.29 is 9.53 Å². The molecule has 0 aliphatic rings. The van der Waals surface area contributed by atoms with Gasteiger partial charge in [-0.05, 0) is 18.1 Å². The van der Waals surface area contributed by atoms with Gasteiger partial charge in [0.05, 0.1) is 7.11 Å². The zero-order valence-electron chi connectivity index (χ0n) is 10.4. The lowest BCUT2D eigenvalue weighted by atomic mass is 10.0. The fourth-order valence-electron chi connectivity index (χ4n) is 1.47. The minimum absolute atomic E-state index is 0.0487. The molecule has 0 saturated heterocycles. The Morgan fingerprint density at radius 2 is 2.29 bits per heavy atom. The number of ether oxygens (including phenoxy) is 1. The van der Waals surface area contributed by atoms with E-state index in [0.717, 1.165) is 0 Å². The summed E-state index contributed by atoms with van der Waals surface area (Å²) in [6.07, 6.45) is 1.58.